The quantitative estimate of drug-likeness (QED) is 0.552. The van der Waals surface area contributed by atoms with Gasteiger partial charge in [-0.05, 0) is 45.6 Å². The Morgan fingerprint density at radius 2 is 1.88 bits per heavy atom. The van der Waals surface area contributed by atoms with Crippen molar-refractivity contribution >= 4 is 28.3 Å². The molecule has 0 spiro atoms. The van der Waals surface area contributed by atoms with Gasteiger partial charge in [0.25, 0.3) is 0 Å². The second-order valence-electron chi connectivity index (χ2n) is 6.79. The smallest absolute Gasteiger partial charge is 0.183 e. The van der Waals surface area contributed by atoms with Gasteiger partial charge in [-0.15, -0.1) is 5.10 Å². The molecule has 6 nitrogen and oxygen atoms in total. The van der Waals surface area contributed by atoms with E-state index >= 15 is 0 Å². The van der Waals surface area contributed by atoms with Gasteiger partial charge in [0.2, 0.25) is 0 Å². The van der Waals surface area contributed by atoms with Crippen molar-refractivity contribution in [1.82, 2.24) is 29.0 Å². The lowest BCUT2D eigenvalue weighted by Crippen LogP contribution is -2.19. The highest BCUT2D eigenvalue weighted by molar-refractivity contribution is 6.33. The minimum absolute atomic E-state index is 0.614. The number of hydrogen-bond donors (Lipinski definition) is 0. The van der Waals surface area contributed by atoms with Gasteiger partial charge in [-0.2, -0.15) is 0 Å². The average Bonchev–Trinajstić information content (AvgIpc) is 3.13. The highest BCUT2D eigenvalue weighted by atomic mass is 35.5. The minimum atomic E-state index is 0.614. The molecular weight excluding hydrogens is 348 g/mol. The van der Waals surface area contributed by atoms with E-state index in [1.54, 1.807) is 10.8 Å². The molecule has 0 unspecified atom stereocenters. The molecule has 0 aliphatic carbocycles. The summed E-state index contributed by atoms with van der Waals surface area (Å²) in [6, 6.07) is 7.62. The third-order valence-corrected chi connectivity index (χ3v) is 5.16. The molecule has 1 aromatic carbocycles. The SMILES string of the molecule is Cc1c(C)n(CCN(C)C)c2ncn3nc(-c4ccccc4Cl)nc3c12. The summed E-state index contributed by atoms with van der Waals surface area (Å²) < 4.78 is 4.00. The van der Waals surface area contributed by atoms with Gasteiger partial charge < -0.3 is 9.47 Å². The van der Waals surface area contributed by atoms with E-state index in [2.05, 4.69) is 47.5 Å². The van der Waals surface area contributed by atoms with Crippen LogP contribution in [0.1, 0.15) is 11.3 Å². The van der Waals surface area contributed by atoms with Gasteiger partial charge in [-0.1, -0.05) is 23.7 Å². The average molecular weight is 369 g/mol. The van der Waals surface area contributed by atoms with Crippen LogP contribution in [0.3, 0.4) is 0 Å². The van der Waals surface area contributed by atoms with Crippen LogP contribution in [0.15, 0.2) is 30.6 Å². The van der Waals surface area contributed by atoms with E-state index in [4.69, 9.17) is 16.6 Å². The molecule has 0 bridgehead atoms. The molecule has 7 heteroatoms. The van der Waals surface area contributed by atoms with Crippen LogP contribution in [-0.2, 0) is 6.54 Å². The van der Waals surface area contributed by atoms with Crippen molar-refractivity contribution in [2.24, 2.45) is 0 Å². The first-order valence-electron chi connectivity index (χ1n) is 8.57. The zero-order valence-electron chi connectivity index (χ0n) is 15.4. The van der Waals surface area contributed by atoms with Crippen LogP contribution >= 0.6 is 11.6 Å². The maximum Gasteiger partial charge on any atom is 0.183 e. The standard InChI is InChI=1S/C19H21ClN6/c1-12-13(2)25(10-9-24(3)4)18-16(12)19-22-17(23-26(19)11-21-18)14-7-5-6-8-15(14)20/h5-8,11H,9-10H2,1-4H3. The highest BCUT2D eigenvalue weighted by Gasteiger charge is 2.19. The summed E-state index contributed by atoms with van der Waals surface area (Å²) in [5, 5.41) is 6.28. The summed E-state index contributed by atoms with van der Waals surface area (Å²) in [6.07, 6.45) is 1.73. The number of fused-ring (bicyclic) bond motifs is 3. The number of likely N-dealkylation sites (N-methyl/N-ethyl adjacent to an activating group) is 1. The molecule has 0 amide bonds. The van der Waals surface area contributed by atoms with Crippen LogP contribution in [0.2, 0.25) is 5.02 Å². The van der Waals surface area contributed by atoms with E-state index in [1.165, 1.54) is 11.3 Å². The van der Waals surface area contributed by atoms with Crippen LogP contribution < -0.4 is 0 Å². The zero-order valence-corrected chi connectivity index (χ0v) is 16.1. The number of nitrogens with zero attached hydrogens (tertiary/aromatic N) is 6. The lowest BCUT2D eigenvalue weighted by Gasteiger charge is -2.12. The lowest BCUT2D eigenvalue weighted by atomic mass is 10.2. The fraction of sp³-hybridized carbons (Fsp3) is 0.316. The molecule has 0 aliphatic rings. The van der Waals surface area contributed by atoms with Crippen LogP contribution in [0, 0.1) is 13.8 Å². The molecule has 0 saturated heterocycles. The second-order valence-corrected chi connectivity index (χ2v) is 7.20. The summed E-state index contributed by atoms with van der Waals surface area (Å²) in [5.74, 6) is 0.614. The molecule has 3 aromatic heterocycles. The molecule has 0 saturated carbocycles. The molecular formula is C19H21ClN6. The van der Waals surface area contributed by atoms with E-state index in [1.807, 2.05) is 24.3 Å². The van der Waals surface area contributed by atoms with Crippen molar-refractivity contribution in [3.05, 3.63) is 46.9 Å². The first-order chi connectivity index (χ1) is 12.5. The maximum absolute atomic E-state index is 6.32. The zero-order chi connectivity index (χ0) is 18.4. The van der Waals surface area contributed by atoms with Gasteiger partial charge in [-0.3, -0.25) is 0 Å². The number of halogens is 1. The summed E-state index contributed by atoms with van der Waals surface area (Å²) in [7, 11) is 4.15. The molecule has 4 aromatic rings. The highest BCUT2D eigenvalue weighted by Crippen LogP contribution is 2.30. The monoisotopic (exact) mass is 368 g/mol. The largest absolute Gasteiger partial charge is 0.328 e. The second kappa shape index (κ2) is 6.37. The molecule has 4 rings (SSSR count). The fourth-order valence-corrected chi connectivity index (χ4v) is 3.48. The Morgan fingerprint density at radius 3 is 2.62 bits per heavy atom. The molecule has 134 valence electrons. The molecule has 0 aliphatic heterocycles. The van der Waals surface area contributed by atoms with Crippen molar-refractivity contribution in [1.29, 1.82) is 0 Å². The Kier molecular flexibility index (Phi) is 4.17. The van der Waals surface area contributed by atoms with Gasteiger partial charge in [-0.25, -0.2) is 14.5 Å². The number of benzene rings is 1. The van der Waals surface area contributed by atoms with Crippen molar-refractivity contribution in [3.63, 3.8) is 0 Å². The summed E-state index contributed by atoms with van der Waals surface area (Å²) in [5.41, 5.74) is 4.99. The summed E-state index contributed by atoms with van der Waals surface area (Å²) in [4.78, 5) is 11.6. The molecule has 3 heterocycles. The first-order valence-corrected chi connectivity index (χ1v) is 8.95. The maximum atomic E-state index is 6.32. The van der Waals surface area contributed by atoms with Gasteiger partial charge >= 0.3 is 0 Å². The fourth-order valence-electron chi connectivity index (χ4n) is 3.26. The molecule has 0 N–H and O–H groups in total. The number of hydrogen-bond acceptors (Lipinski definition) is 4. The Labute approximate surface area is 157 Å². The third kappa shape index (κ3) is 2.66. The van der Waals surface area contributed by atoms with E-state index in [0.717, 1.165) is 35.3 Å². The van der Waals surface area contributed by atoms with E-state index < -0.39 is 0 Å². The van der Waals surface area contributed by atoms with Crippen molar-refractivity contribution in [3.8, 4) is 11.4 Å². The van der Waals surface area contributed by atoms with Gasteiger partial charge in [0, 0.05) is 24.3 Å². The van der Waals surface area contributed by atoms with Gasteiger partial charge in [0.15, 0.2) is 11.5 Å². The third-order valence-electron chi connectivity index (χ3n) is 4.83. The Hall–Kier alpha value is -2.44. The number of rotatable bonds is 4. The van der Waals surface area contributed by atoms with Gasteiger partial charge in [0.05, 0.1) is 10.4 Å². The topological polar surface area (TPSA) is 51.2 Å². The van der Waals surface area contributed by atoms with Crippen molar-refractivity contribution in [2.45, 2.75) is 20.4 Å². The summed E-state index contributed by atoms with van der Waals surface area (Å²) >= 11 is 6.32. The van der Waals surface area contributed by atoms with Crippen molar-refractivity contribution < 1.29 is 0 Å². The predicted molar refractivity (Wildman–Crippen MR) is 105 cm³/mol. The number of aromatic nitrogens is 5. The molecule has 0 atom stereocenters. The molecule has 0 fully saturated rings. The van der Waals surface area contributed by atoms with Gasteiger partial charge in [0.1, 0.15) is 12.0 Å². The van der Waals surface area contributed by atoms with Crippen LogP contribution in [0.4, 0.5) is 0 Å². The predicted octanol–water partition coefficient (Wildman–Crippen LogP) is 3.58. The Morgan fingerprint density at radius 1 is 1.12 bits per heavy atom. The minimum Gasteiger partial charge on any atom is -0.328 e. The Bertz CT molecular complexity index is 1110. The number of aryl methyl sites for hydroxylation is 1. The summed E-state index contributed by atoms with van der Waals surface area (Å²) in [6.45, 7) is 6.09. The first kappa shape index (κ1) is 17.0. The van der Waals surface area contributed by atoms with E-state index in [0.29, 0.717) is 10.8 Å². The van der Waals surface area contributed by atoms with Crippen LogP contribution in [0.5, 0.6) is 0 Å². The molecule has 0 radical (unpaired) electrons. The van der Waals surface area contributed by atoms with E-state index in [-0.39, 0.29) is 0 Å². The van der Waals surface area contributed by atoms with E-state index in [9.17, 15) is 0 Å². The molecule has 26 heavy (non-hydrogen) atoms. The van der Waals surface area contributed by atoms with Crippen LogP contribution in [0.25, 0.3) is 28.1 Å². The normalized spacial score (nSPS) is 11.9. The van der Waals surface area contributed by atoms with Crippen molar-refractivity contribution in [2.75, 3.05) is 20.6 Å². The lowest BCUT2D eigenvalue weighted by molar-refractivity contribution is 0.384. The Balaban J connectivity index is 1.93. The van der Waals surface area contributed by atoms with Crippen LogP contribution in [-0.4, -0.2) is 49.7 Å².